The SMILES string of the molecule is CC(C)CCS(=O)(=O)c1ccc(Cl)c(N)c1. The molecule has 0 atom stereocenters. The van der Waals surface area contributed by atoms with Crippen LogP contribution >= 0.6 is 11.6 Å². The second kappa shape index (κ2) is 5.06. The zero-order chi connectivity index (χ0) is 12.3. The Kier molecular flexibility index (Phi) is 4.21. The summed E-state index contributed by atoms with van der Waals surface area (Å²) in [5, 5.41) is 0.378. The van der Waals surface area contributed by atoms with Gasteiger partial charge in [-0.2, -0.15) is 0 Å². The summed E-state index contributed by atoms with van der Waals surface area (Å²) in [7, 11) is -3.23. The van der Waals surface area contributed by atoms with E-state index < -0.39 is 9.84 Å². The zero-order valence-electron chi connectivity index (χ0n) is 9.40. The minimum absolute atomic E-state index is 0.145. The molecular formula is C11H16ClNO2S. The minimum atomic E-state index is -3.23. The lowest BCUT2D eigenvalue weighted by Gasteiger charge is -2.07. The van der Waals surface area contributed by atoms with Crippen molar-refractivity contribution in [3.8, 4) is 0 Å². The summed E-state index contributed by atoms with van der Waals surface area (Å²) in [5.74, 6) is 0.505. The van der Waals surface area contributed by atoms with Crippen LogP contribution in [0.25, 0.3) is 0 Å². The molecule has 3 nitrogen and oxygen atoms in total. The van der Waals surface area contributed by atoms with Crippen LogP contribution < -0.4 is 5.73 Å². The molecule has 0 unspecified atom stereocenters. The van der Waals surface area contributed by atoms with Gasteiger partial charge in [0.15, 0.2) is 9.84 Å². The molecular weight excluding hydrogens is 246 g/mol. The first-order valence-electron chi connectivity index (χ1n) is 5.10. The molecule has 0 heterocycles. The van der Waals surface area contributed by atoms with E-state index in [-0.39, 0.29) is 10.6 Å². The van der Waals surface area contributed by atoms with Crippen LogP contribution in [0.3, 0.4) is 0 Å². The van der Waals surface area contributed by atoms with Crippen LogP contribution in [0.2, 0.25) is 5.02 Å². The van der Waals surface area contributed by atoms with E-state index >= 15 is 0 Å². The van der Waals surface area contributed by atoms with Crippen LogP contribution in [0.15, 0.2) is 23.1 Å². The third-order valence-electron chi connectivity index (χ3n) is 2.29. The molecule has 0 amide bonds. The normalized spacial score (nSPS) is 12.0. The van der Waals surface area contributed by atoms with Crippen molar-refractivity contribution in [2.75, 3.05) is 11.5 Å². The van der Waals surface area contributed by atoms with Crippen LogP contribution in [-0.2, 0) is 9.84 Å². The van der Waals surface area contributed by atoms with Crippen LogP contribution in [0, 0.1) is 5.92 Å². The van der Waals surface area contributed by atoms with Crippen molar-refractivity contribution in [1.29, 1.82) is 0 Å². The standard InChI is InChI=1S/C11H16ClNO2S/c1-8(2)5-6-16(14,15)9-3-4-10(12)11(13)7-9/h3-4,7-8H,5-6,13H2,1-2H3. The van der Waals surface area contributed by atoms with E-state index in [0.717, 1.165) is 0 Å². The predicted molar refractivity (Wildman–Crippen MR) is 67.4 cm³/mol. The summed E-state index contributed by atoms with van der Waals surface area (Å²) < 4.78 is 23.8. The molecule has 0 saturated carbocycles. The summed E-state index contributed by atoms with van der Waals surface area (Å²) in [6.07, 6.45) is 0.644. The highest BCUT2D eigenvalue weighted by atomic mass is 35.5. The maximum atomic E-state index is 11.9. The number of rotatable bonds is 4. The molecule has 2 N–H and O–H groups in total. The van der Waals surface area contributed by atoms with Gasteiger partial charge < -0.3 is 5.73 Å². The first kappa shape index (κ1) is 13.3. The molecule has 90 valence electrons. The lowest BCUT2D eigenvalue weighted by molar-refractivity contribution is 0.574. The van der Waals surface area contributed by atoms with E-state index in [2.05, 4.69) is 0 Å². The highest BCUT2D eigenvalue weighted by Gasteiger charge is 2.15. The van der Waals surface area contributed by atoms with E-state index in [1.807, 2.05) is 13.8 Å². The quantitative estimate of drug-likeness (QED) is 0.848. The van der Waals surface area contributed by atoms with Crippen LogP contribution in [0.5, 0.6) is 0 Å². The largest absolute Gasteiger partial charge is 0.397 e. The Labute approximate surface area is 102 Å². The summed E-state index contributed by atoms with van der Waals surface area (Å²) >= 11 is 5.74. The second-order valence-electron chi connectivity index (χ2n) is 4.18. The van der Waals surface area contributed by atoms with Crippen LogP contribution in [-0.4, -0.2) is 14.2 Å². The third-order valence-corrected chi connectivity index (χ3v) is 4.38. The number of hydrogen-bond acceptors (Lipinski definition) is 3. The minimum Gasteiger partial charge on any atom is -0.397 e. The van der Waals surface area contributed by atoms with Crippen molar-refractivity contribution in [2.45, 2.75) is 25.2 Å². The van der Waals surface area contributed by atoms with Crippen molar-refractivity contribution >= 4 is 27.1 Å². The number of halogens is 1. The molecule has 0 aliphatic rings. The fourth-order valence-electron chi connectivity index (χ4n) is 1.22. The molecule has 5 heteroatoms. The summed E-state index contributed by atoms with van der Waals surface area (Å²) in [4.78, 5) is 0.245. The van der Waals surface area contributed by atoms with E-state index in [1.54, 1.807) is 0 Å². The number of hydrogen-bond donors (Lipinski definition) is 1. The average molecular weight is 262 g/mol. The van der Waals surface area contributed by atoms with Crippen LogP contribution in [0.1, 0.15) is 20.3 Å². The maximum Gasteiger partial charge on any atom is 0.178 e. The van der Waals surface area contributed by atoms with Crippen molar-refractivity contribution in [3.05, 3.63) is 23.2 Å². The van der Waals surface area contributed by atoms with Gasteiger partial charge in [0.2, 0.25) is 0 Å². The monoisotopic (exact) mass is 261 g/mol. The zero-order valence-corrected chi connectivity index (χ0v) is 11.0. The Morgan fingerprint density at radius 2 is 2.00 bits per heavy atom. The Balaban J connectivity index is 2.94. The van der Waals surface area contributed by atoms with Gasteiger partial charge in [-0.15, -0.1) is 0 Å². The van der Waals surface area contributed by atoms with Crippen molar-refractivity contribution < 1.29 is 8.42 Å². The average Bonchev–Trinajstić information content (AvgIpc) is 2.19. The number of nitrogens with two attached hydrogens (primary N) is 1. The Bertz CT molecular complexity index is 469. The fourth-order valence-corrected chi connectivity index (χ4v) is 2.94. The Morgan fingerprint density at radius 1 is 1.38 bits per heavy atom. The smallest absolute Gasteiger partial charge is 0.178 e. The summed E-state index contributed by atoms with van der Waals surface area (Å²) in [6, 6.07) is 4.42. The van der Waals surface area contributed by atoms with Gasteiger partial charge in [-0.3, -0.25) is 0 Å². The molecule has 0 aromatic heterocycles. The van der Waals surface area contributed by atoms with Gasteiger partial charge in [-0.25, -0.2) is 8.42 Å². The molecule has 16 heavy (non-hydrogen) atoms. The van der Waals surface area contributed by atoms with Gasteiger partial charge in [-0.05, 0) is 30.5 Å². The van der Waals surface area contributed by atoms with Crippen LogP contribution in [0.4, 0.5) is 5.69 Å². The molecule has 0 spiro atoms. The number of benzene rings is 1. The first-order valence-corrected chi connectivity index (χ1v) is 7.14. The molecule has 1 rings (SSSR count). The van der Waals surface area contributed by atoms with Gasteiger partial charge in [0, 0.05) is 0 Å². The van der Waals surface area contributed by atoms with E-state index in [1.165, 1.54) is 18.2 Å². The van der Waals surface area contributed by atoms with E-state index in [4.69, 9.17) is 17.3 Å². The second-order valence-corrected chi connectivity index (χ2v) is 6.70. The van der Waals surface area contributed by atoms with Gasteiger partial charge in [0.05, 0.1) is 21.4 Å². The predicted octanol–water partition coefficient (Wildman–Crippen LogP) is 2.74. The highest BCUT2D eigenvalue weighted by Crippen LogP contribution is 2.23. The number of sulfone groups is 1. The lowest BCUT2D eigenvalue weighted by atomic mass is 10.2. The maximum absolute atomic E-state index is 11.9. The van der Waals surface area contributed by atoms with Crippen molar-refractivity contribution in [1.82, 2.24) is 0 Å². The third kappa shape index (κ3) is 3.39. The molecule has 0 aliphatic heterocycles. The molecule has 0 bridgehead atoms. The van der Waals surface area contributed by atoms with Crippen molar-refractivity contribution in [3.63, 3.8) is 0 Å². The number of anilines is 1. The molecule has 1 aromatic carbocycles. The Hall–Kier alpha value is -0.740. The topological polar surface area (TPSA) is 60.2 Å². The molecule has 0 radical (unpaired) electrons. The molecule has 1 aromatic rings. The van der Waals surface area contributed by atoms with Crippen molar-refractivity contribution in [2.24, 2.45) is 5.92 Å². The van der Waals surface area contributed by atoms with Gasteiger partial charge in [0.1, 0.15) is 0 Å². The van der Waals surface area contributed by atoms with Gasteiger partial charge in [0.25, 0.3) is 0 Å². The fraction of sp³-hybridized carbons (Fsp3) is 0.455. The summed E-state index contributed by atoms with van der Waals surface area (Å²) in [5.41, 5.74) is 5.88. The molecule has 0 saturated heterocycles. The van der Waals surface area contributed by atoms with E-state index in [0.29, 0.717) is 23.0 Å². The van der Waals surface area contributed by atoms with Gasteiger partial charge >= 0.3 is 0 Å². The van der Waals surface area contributed by atoms with Gasteiger partial charge in [-0.1, -0.05) is 25.4 Å². The van der Waals surface area contributed by atoms with E-state index in [9.17, 15) is 8.42 Å². The molecule has 0 fully saturated rings. The first-order chi connectivity index (χ1) is 7.33. The Morgan fingerprint density at radius 3 is 2.50 bits per heavy atom. The highest BCUT2D eigenvalue weighted by molar-refractivity contribution is 7.91. The lowest BCUT2D eigenvalue weighted by Crippen LogP contribution is -2.09. The summed E-state index contributed by atoms with van der Waals surface area (Å²) in [6.45, 7) is 3.98. The number of nitrogen functional groups attached to an aromatic ring is 1. The molecule has 0 aliphatic carbocycles.